The van der Waals surface area contributed by atoms with Crippen molar-refractivity contribution in [2.75, 3.05) is 58.8 Å². The van der Waals surface area contributed by atoms with Crippen molar-refractivity contribution in [1.82, 2.24) is 77.3 Å². The lowest BCUT2D eigenvalue weighted by atomic mass is 9.97. The van der Waals surface area contributed by atoms with Gasteiger partial charge in [0.05, 0.1) is 18.7 Å². The Morgan fingerprint density at radius 3 is 1.69 bits per heavy atom. The van der Waals surface area contributed by atoms with Gasteiger partial charge in [-0.2, -0.15) is 0 Å². The van der Waals surface area contributed by atoms with Crippen molar-refractivity contribution in [3.63, 3.8) is 0 Å². The van der Waals surface area contributed by atoms with Crippen molar-refractivity contribution in [1.29, 1.82) is 0 Å². The molecule has 3 fully saturated rings. The number of nitrogens with two attached hydrogens (primary N) is 2. The number of carbonyl (C=O) groups is 16. The van der Waals surface area contributed by atoms with E-state index in [0.717, 1.165) is 38.8 Å². The molecule has 3 aliphatic rings. The van der Waals surface area contributed by atoms with Gasteiger partial charge in [-0.25, -0.2) is 17.6 Å². The first kappa shape index (κ1) is 103. The average Bonchev–Trinajstić information content (AvgIpc) is 1.45. The minimum atomic E-state index is -1.94. The molecule has 40 heteroatoms. The van der Waals surface area contributed by atoms with Gasteiger partial charge in [-0.15, -0.1) is 11.8 Å². The number of fused-ring (bicyclic) bond motifs is 3. The number of amides is 15. The molecule has 0 spiro atoms. The summed E-state index contributed by atoms with van der Waals surface area (Å²) in [6.45, 7) is 6.72. The number of aliphatic carboxylic acids is 1. The molecule has 4 heterocycles. The molecule has 0 unspecified atom stereocenters. The Balaban J connectivity index is 1.13. The van der Waals surface area contributed by atoms with Crippen molar-refractivity contribution < 1.29 is 104 Å². The third-order valence-electron chi connectivity index (χ3n) is 23.6. The van der Waals surface area contributed by atoms with Crippen LogP contribution >= 0.6 is 11.8 Å². The number of halogens is 4. The molecule has 1 aromatic heterocycles. The summed E-state index contributed by atoms with van der Waals surface area (Å²) in [6, 6.07) is 5.60. The summed E-state index contributed by atoms with van der Waals surface area (Å²) in [7, 11) is 3.67. The van der Waals surface area contributed by atoms with Crippen LogP contribution in [0.3, 0.4) is 0 Å². The van der Waals surface area contributed by atoms with Crippen LogP contribution in [0.15, 0.2) is 121 Å². The highest BCUT2D eigenvalue weighted by molar-refractivity contribution is 8.00. The third-order valence-corrected chi connectivity index (χ3v) is 24.6. The summed E-state index contributed by atoms with van der Waals surface area (Å²) >= 11 is 0.653. The highest BCUT2D eigenvalue weighted by atomic mass is 32.2. The monoisotopic (exact) mass is 1860 g/mol. The Labute approximate surface area is 765 Å². The summed E-state index contributed by atoms with van der Waals surface area (Å²) in [4.78, 5) is 245. The van der Waals surface area contributed by atoms with Crippen LogP contribution in [0.1, 0.15) is 127 Å². The number of H-pyrrole nitrogens is 1. The molecule has 712 valence electrons. The van der Waals surface area contributed by atoms with E-state index in [1.807, 2.05) is 0 Å². The number of aromatic hydroxyl groups is 1. The number of nitrogens with zero attached hydrogens (tertiary/aromatic N) is 5. The van der Waals surface area contributed by atoms with Crippen LogP contribution in [0.2, 0.25) is 0 Å². The van der Waals surface area contributed by atoms with E-state index in [4.69, 9.17) is 11.5 Å². The molecule has 13 atom stereocenters. The first-order valence-corrected chi connectivity index (χ1v) is 45.0. The summed E-state index contributed by atoms with van der Waals surface area (Å²) in [5.74, 6) is -24.9. The van der Waals surface area contributed by atoms with Crippen LogP contribution in [0, 0.1) is 35.1 Å². The third kappa shape index (κ3) is 28.0. The number of aromatic amines is 1. The molecule has 5 aromatic carbocycles. The SMILES string of the molecule is CCCC[C@H]1C(=O)N2CCC[C@@H]2C(=O)N[C@@H](CN)C(=O)N[C@H](C(C)C)C(=O)N(C)[C@@H](Cc2ccccc2)C(=O)N[C@@H](CC(=O)O)C(=O)N2CCCC[C@@H]2C(=O)N[C@H](Cc2c[nH]c3ccccc23)C(=O)N[C@@H](Cc2ccc(O)cc2)C(=O)N[C@@H](CC(C)C)C(=O)N[C@H](C(=O)NCC(N)=O)CSCC(=O)N[C@@H](Cc2cc(F)c(F)c(F)c2)C(=O)N(C)[C@@H](Cc2ccc(F)cc2)C(=O)N1C. The Kier molecular flexibility index (Phi) is 37.5. The van der Waals surface area contributed by atoms with Gasteiger partial charge in [-0.1, -0.05) is 120 Å². The molecule has 16 N–H and O–H groups in total. The summed E-state index contributed by atoms with van der Waals surface area (Å²) in [5.41, 5.74) is 13.5. The number of piperidine rings is 1. The van der Waals surface area contributed by atoms with Crippen molar-refractivity contribution in [2.45, 2.75) is 209 Å². The first-order valence-electron chi connectivity index (χ1n) is 43.9. The fraction of sp³-hybridized carbons (Fsp3) is 0.478. The molecule has 132 heavy (non-hydrogen) atoms. The second kappa shape index (κ2) is 48.2. The van der Waals surface area contributed by atoms with Crippen LogP contribution in [0.4, 0.5) is 17.6 Å². The van der Waals surface area contributed by atoms with E-state index in [1.165, 1.54) is 55.4 Å². The van der Waals surface area contributed by atoms with Gasteiger partial charge in [0.25, 0.3) is 0 Å². The number of thioether (sulfide) groups is 1. The minimum Gasteiger partial charge on any atom is -0.508 e. The van der Waals surface area contributed by atoms with Crippen molar-refractivity contribution in [3.05, 3.63) is 173 Å². The van der Waals surface area contributed by atoms with Crippen LogP contribution in [-0.2, 0) is 109 Å². The van der Waals surface area contributed by atoms with Gasteiger partial charge in [0, 0.05) is 95.7 Å². The summed E-state index contributed by atoms with van der Waals surface area (Å²) in [6.07, 6.45) is -0.357. The molecule has 6 aromatic rings. The van der Waals surface area contributed by atoms with Crippen molar-refractivity contribution in [2.24, 2.45) is 23.3 Å². The molecule has 0 radical (unpaired) electrons. The van der Waals surface area contributed by atoms with E-state index in [2.05, 4.69) is 52.8 Å². The maximum absolute atomic E-state index is 15.6. The molecule has 35 nitrogen and oxygen atoms in total. The van der Waals surface area contributed by atoms with Gasteiger partial charge in [-0.3, -0.25) is 76.7 Å². The van der Waals surface area contributed by atoms with E-state index in [-0.39, 0.29) is 87.8 Å². The largest absolute Gasteiger partial charge is 0.508 e. The molecule has 0 bridgehead atoms. The quantitative estimate of drug-likeness (QED) is 0.0343. The number of phenols is 1. The van der Waals surface area contributed by atoms with E-state index < -0.39 is 252 Å². The van der Waals surface area contributed by atoms with Gasteiger partial charge >= 0.3 is 5.97 Å². The lowest BCUT2D eigenvalue weighted by Crippen LogP contribution is -2.63. The number of carboxylic acid groups (broad SMARTS) is 1. The number of hydrogen-bond acceptors (Lipinski definition) is 19. The van der Waals surface area contributed by atoms with Gasteiger partial charge < -0.3 is 99.0 Å². The maximum Gasteiger partial charge on any atom is 0.305 e. The second-order valence-corrected chi connectivity index (χ2v) is 35.2. The number of carbonyl (C=O) groups excluding carboxylic acids is 15. The van der Waals surface area contributed by atoms with Crippen LogP contribution < -0.4 is 59.3 Å². The highest BCUT2D eigenvalue weighted by Gasteiger charge is 2.46. The fourth-order valence-electron chi connectivity index (χ4n) is 16.3. The topological polar surface area (TPSA) is 506 Å². The number of carboxylic acids is 1. The number of rotatable bonds is 22. The Morgan fingerprint density at radius 2 is 1.06 bits per heavy atom. The molecule has 9 rings (SSSR count). The van der Waals surface area contributed by atoms with Crippen LogP contribution in [0.5, 0.6) is 5.75 Å². The normalized spacial score (nSPS) is 23.8. The van der Waals surface area contributed by atoms with Gasteiger partial charge in [0.1, 0.15) is 90.1 Å². The van der Waals surface area contributed by atoms with Gasteiger partial charge in [-0.05, 0) is 127 Å². The van der Waals surface area contributed by atoms with E-state index in [1.54, 1.807) is 95.4 Å². The number of para-hydroxylation sites is 1. The van der Waals surface area contributed by atoms with Crippen molar-refractivity contribution >= 4 is 117 Å². The maximum atomic E-state index is 15.6. The number of hydrogen-bond donors (Lipinski definition) is 14. The standard InChI is InChI=1S/C92H117F4N17O18S/c1-9-10-23-72-91(130)113-35-18-25-71(113)86(125)106-68(45-97)84(123)108-79(51(4)5)92(131)110(7)73(41-52-19-12-11-13-20-52)87(126)105-67(44-77(117)118)89(128)112-34-17-16-24-70(112)85(124)104-65(43-56-46-99-62-22-15-14-21-59(56)62)83(122)103-64(39-53-28-32-58(114)33-29-53)82(121)102-63(36-50(2)3)81(120)107-69(80(119)100-47-75(98)115)48-132-49-76(116)101-66(40-55-37-60(94)78(96)61(95)38-55)88(127)111(8)74(90(129)109(72)6)42-54-26-30-57(93)31-27-54/h11-15,19-22,26-33,37-38,46,50-51,63-74,79,99,114H,9-10,16-18,23-25,34-36,39-45,47-49,97H2,1-8H3,(H2,98,115)(H,100,119)(H,101,116)(H,102,121)(H,103,122)(H,104,124)(H,105,126)(H,106,125)(H,107,120)(H,108,123)(H,117,118)/t63-,64-,65+,66-,67-,68-,69-,70+,71+,72-,73-,74-,79+/m0/s1. The van der Waals surface area contributed by atoms with E-state index >= 15 is 51.9 Å². The van der Waals surface area contributed by atoms with E-state index in [9.17, 15) is 52.6 Å². The predicted molar refractivity (Wildman–Crippen MR) is 478 cm³/mol. The zero-order chi connectivity index (χ0) is 96.5. The molecular weight excluding hydrogens is 1740 g/mol. The van der Waals surface area contributed by atoms with Gasteiger partial charge in [0.2, 0.25) is 88.6 Å². The number of benzene rings is 5. The van der Waals surface area contributed by atoms with Crippen molar-refractivity contribution in [3.8, 4) is 5.75 Å². The Morgan fingerprint density at radius 1 is 0.530 bits per heavy atom. The second-order valence-electron chi connectivity index (χ2n) is 34.2. The Bertz CT molecular complexity index is 5130. The molecule has 15 amide bonds. The number of unbranched alkanes of at least 4 members (excludes halogenated alkanes) is 1. The highest BCUT2D eigenvalue weighted by Crippen LogP contribution is 2.29. The minimum absolute atomic E-state index is 0.0184. The number of aromatic nitrogens is 1. The molecule has 3 aliphatic heterocycles. The lowest BCUT2D eigenvalue weighted by molar-refractivity contribution is -0.152. The molecule has 0 aliphatic carbocycles. The van der Waals surface area contributed by atoms with E-state index in [0.29, 0.717) is 70.8 Å². The zero-order valence-electron chi connectivity index (χ0n) is 74.8. The first-order chi connectivity index (χ1) is 62.7. The zero-order valence-corrected chi connectivity index (χ0v) is 75.6. The predicted octanol–water partition coefficient (Wildman–Crippen LogP) is 2.35. The number of likely N-dealkylation sites (N-methyl/N-ethyl adjacent to an activating group) is 3. The molecule has 3 saturated heterocycles. The Hall–Kier alpha value is -13.0. The number of phenolic OH excluding ortho intramolecular Hbond substituents is 1. The summed E-state index contributed by atoms with van der Waals surface area (Å²) in [5, 5.41) is 45.0. The van der Waals surface area contributed by atoms with Crippen LogP contribution in [0.25, 0.3) is 10.9 Å². The smallest absolute Gasteiger partial charge is 0.305 e. The number of nitrogens with one attached hydrogen (secondary N) is 10. The fourth-order valence-corrected chi connectivity index (χ4v) is 17.2. The average molecular weight is 1860 g/mol. The van der Waals surface area contributed by atoms with Crippen LogP contribution in [-0.4, -0.2) is 272 Å². The molecular formula is C92H117F4N17O18S. The van der Waals surface area contributed by atoms with Gasteiger partial charge in [0.15, 0.2) is 17.5 Å². The lowest BCUT2D eigenvalue weighted by Gasteiger charge is -2.38. The molecule has 0 saturated carbocycles. The summed E-state index contributed by atoms with van der Waals surface area (Å²) < 4.78 is 59.7. The number of primary amides is 1.